The summed E-state index contributed by atoms with van der Waals surface area (Å²) < 4.78 is 1.42. The van der Waals surface area contributed by atoms with Gasteiger partial charge in [-0.3, -0.25) is 10.1 Å². The molecule has 0 aliphatic rings. The summed E-state index contributed by atoms with van der Waals surface area (Å²) >= 11 is 5.82. The highest BCUT2D eigenvalue weighted by atomic mass is 35.5. The third-order valence-corrected chi connectivity index (χ3v) is 3.11. The van der Waals surface area contributed by atoms with E-state index in [1.165, 1.54) is 10.6 Å². The summed E-state index contributed by atoms with van der Waals surface area (Å²) in [7, 11) is 0. The van der Waals surface area contributed by atoms with Crippen LogP contribution in [0.4, 0.5) is 5.69 Å². The van der Waals surface area contributed by atoms with Gasteiger partial charge in [-0.05, 0) is 23.8 Å². The van der Waals surface area contributed by atoms with E-state index in [1.54, 1.807) is 24.4 Å². The van der Waals surface area contributed by atoms with Crippen molar-refractivity contribution >= 4 is 22.9 Å². The quantitative estimate of drug-likeness (QED) is 0.549. The molecule has 1 aromatic carbocycles. The van der Waals surface area contributed by atoms with Crippen LogP contribution in [0.5, 0.6) is 0 Å². The van der Waals surface area contributed by atoms with Crippen molar-refractivity contribution in [2.45, 2.75) is 6.42 Å². The zero-order chi connectivity index (χ0) is 14.1. The number of pyridine rings is 1. The highest BCUT2D eigenvalue weighted by molar-refractivity contribution is 6.30. The monoisotopic (exact) mass is 288 g/mol. The van der Waals surface area contributed by atoms with E-state index in [0.29, 0.717) is 17.3 Å². The fourth-order valence-corrected chi connectivity index (χ4v) is 2.06. The van der Waals surface area contributed by atoms with E-state index < -0.39 is 4.92 Å². The summed E-state index contributed by atoms with van der Waals surface area (Å²) in [4.78, 5) is 14.7. The molecule has 2 aromatic heterocycles. The van der Waals surface area contributed by atoms with Crippen molar-refractivity contribution in [2.75, 3.05) is 0 Å². The lowest BCUT2D eigenvalue weighted by atomic mass is 10.1. The normalized spacial score (nSPS) is 10.8. The van der Waals surface area contributed by atoms with Crippen LogP contribution in [0.15, 0.2) is 42.6 Å². The standard InChI is InChI=1S/C13H9ClN4O2/c14-10-5-3-9(4-6-10)8-12-15-13-11(18(19)20)2-1-7-17(13)16-12/h1-7H,8H2. The molecular weight excluding hydrogens is 280 g/mol. The Morgan fingerprint density at radius 1 is 1.25 bits per heavy atom. The second kappa shape index (κ2) is 4.90. The predicted octanol–water partition coefficient (Wildman–Crippen LogP) is 2.88. The van der Waals surface area contributed by atoms with Crippen LogP contribution in [0.1, 0.15) is 11.4 Å². The Labute approximate surface area is 118 Å². The molecule has 0 spiro atoms. The molecule has 2 heterocycles. The molecule has 0 amide bonds. The van der Waals surface area contributed by atoms with Crippen molar-refractivity contribution in [2.24, 2.45) is 0 Å². The van der Waals surface area contributed by atoms with Gasteiger partial charge in [-0.15, -0.1) is 0 Å². The van der Waals surface area contributed by atoms with Crippen molar-refractivity contribution in [3.05, 3.63) is 69.1 Å². The maximum atomic E-state index is 10.9. The first-order valence-corrected chi connectivity index (χ1v) is 6.24. The topological polar surface area (TPSA) is 73.3 Å². The Morgan fingerprint density at radius 2 is 2.00 bits per heavy atom. The molecule has 6 nitrogen and oxygen atoms in total. The molecule has 0 aliphatic heterocycles. The minimum Gasteiger partial charge on any atom is -0.258 e. The number of hydrogen-bond acceptors (Lipinski definition) is 4. The van der Waals surface area contributed by atoms with Gasteiger partial charge < -0.3 is 0 Å². The van der Waals surface area contributed by atoms with Crippen LogP contribution in [-0.4, -0.2) is 19.5 Å². The van der Waals surface area contributed by atoms with E-state index in [1.807, 2.05) is 12.1 Å². The Balaban J connectivity index is 1.99. The molecule has 0 fully saturated rings. The molecule has 0 unspecified atom stereocenters. The summed E-state index contributed by atoms with van der Waals surface area (Å²) in [5.74, 6) is 0.529. The Morgan fingerprint density at radius 3 is 2.70 bits per heavy atom. The number of halogens is 1. The van der Waals surface area contributed by atoms with Gasteiger partial charge in [-0.1, -0.05) is 23.7 Å². The zero-order valence-corrected chi connectivity index (χ0v) is 11.0. The van der Waals surface area contributed by atoms with Gasteiger partial charge in [0, 0.05) is 23.7 Å². The average molecular weight is 289 g/mol. The molecule has 100 valence electrons. The minimum atomic E-state index is -0.462. The van der Waals surface area contributed by atoms with Crippen LogP contribution >= 0.6 is 11.6 Å². The van der Waals surface area contributed by atoms with E-state index in [9.17, 15) is 10.1 Å². The van der Waals surface area contributed by atoms with Gasteiger partial charge in [0.25, 0.3) is 0 Å². The van der Waals surface area contributed by atoms with Crippen LogP contribution in [-0.2, 0) is 6.42 Å². The highest BCUT2D eigenvalue weighted by Crippen LogP contribution is 2.18. The highest BCUT2D eigenvalue weighted by Gasteiger charge is 2.16. The second-order valence-electron chi connectivity index (χ2n) is 4.25. The predicted molar refractivity (Wildman–Crippen MR) is 73.9 cm³/mol. The molecule has 20 heavy (non-hydrogen) atoms. The Hall–Kier alpha value is -2.47. The number of hydrogen-bond donors (Lipinski definition) is 0. The van der Waals surface area contributed by atoms with Crippen molar-refractivity contribution < 1.29 is 4.92 Å². The lowest BCUT2D eigenvalue weighted by molar-refractivity contribution is -0.383. The molecule has 0 N–H and O–H groups in total. The number of aromatic nitrogens is 3. The summed E-state index contributed by atoms with van der Waals surface area (Å²) in [5, 5.41) is 15.8. The third kappa shape index (κ3) is 2.33. The molecule has 3 aromatic rings. The first kappa shape index (κ1) is 12.6. The molecule has 7 heteroatoms. The molecule has 0 radical (unpaired) electrons. The van der Waals surface area contributed by atoms with Crippen LogP contribution in [0.2, 0.25) is 5.02 Å². The summed E-state index contributed by atoms with van der Waals surface area (Å²) in [6.07, 6.45) is 2.14. The van der Waals surface area contributed by atoms with Crippen LogP contribution < -0.4 is 0 Å². The fourth-order valence-electron chi connectivity index (χ4n) is 1.94. The largest absolute Gasteiger partial charge is 0.313 e. The van der Waals surface area contributed by atoms with Gasteiger partial charge in [0.1, 0.15) is 0 Å². The van der Waals surface area contributed by atoms with Gasteiger partial charge in [-0.2, -0.15) is 5.10 Å². The maximum absolute atomic E-state index is 10.9. The van der Waals surface area contributed by atoms with E-state index in [-0.39, 0.29) is 11.3 Å². The summed E-state index contributed by atoms with van der Waals surface area (Å²) in [6.45, 7) is 0. The lowest BCUT2D eigenvalue weighted by Gasteiger charge is -1.96. The van der Waals surface area contributed by atoms with Crippen LogP contribution in [0, 0.1) is 10.1 Å². The minimum absolute atomic E-state index is 0.0534. The van der Waals surface area contributed by atoms with Crippen molar-refractivity contribution in [3.63, 3.8) is 0 Å². The van der Waals surface area contributed by atoms with E-state index in [4.69, 9.17) is 11.6 Å². The maximum Gasteiger partial charge on any atom is 0.313 e. The van der Waals surface area contributed by atoms with Crippen molar-refractivity contribution in [3.8, 4) is 0 Å². The Bertz CT molecular complexity index is 783. The molecule has 0 saturated carbocycles. The van der Waals surface area contributed by atoms with Crippen LogP contribution in [0.25, 0.3) is 5.65 Å². The SMILES string of the molecule is O=[N+]([O-])c1cccn2nc(Cc3ccc(Cl)cc3)nc12. The number of fused-ring (bicyclic) bond motifs is 1. The molecular formula is C13H9ClN4O2. The summed E-state index contributed by atoms with van der Waals surface area (Å²) in [6, 6.07) is 10.3. The molecule has 0 aliphatic carbocycles. The zero-order valence-electron chi connectivity index (χ0n) is 10.2. The number of benzene rings is 1. The van der Waals surface area contributed by atoms with Gasteiger partial charge in [0.15, 0.2) is 5.82 Å². The smallest absolute Gasteiger partial charge is 0.258 e. The first-order valence-electron chi connectivity index (χ1n) is 5.86. The van der Waals surface area contributed by atoms with Gasteiger partial charge in [-0.25, -0.2) is 9.50 Å². The lowest BCUT2D eigenvalue weighted by Crippen LogP contribution is -1.93. The van der Waals surface area contributed by atoms with Crippen molar-refractivity contribution in [1.29, 1.82) is 0 Å². The summed E-state index contributed by atoms with van der Waals surface area (Å²) in [5.41, 5.74) is 1.19. The van der Waals surface area contributed by atoms with E-state index >= 15 is 0 Å². The van der Waals surface area contributed by atoms with Crippen molar-refractivity contribution in [1.82, 2.24) is 14.6 Å². The van der Waals surface area contributed by atoms with E-state index in [0.717, 1.165) is 5.56 Å². The fraction of sp³-hybridized carbons (Fsp3) is 0.0769. The molecule has 3 rings (SSSR count). The molecule has 0 saturated heterocycles. The third-order valence-electron chi connectivity index (χ3n) is 2.86. The first-order chi connectivity index (χ1) is 9.63. The number of nitrogens with zero attached hydrogens (tertiary/aromatic N) is 4. The van der Waals surface area contributed by atoms with Gasteiger partial charge in [0.05, 0.1) is 4.92 Å². The second-order valence-corrected chi connectivity index (χ2v) is 4.69. The number of nitro groups is 1. The molecule has 0 atom stereocenters. The van der Waals surface area contributed by atoms with Crippen LogP contribution in [0.3, 0.4) is 0 Å². The average Bonchev–Trinajstić information content (AvgIpc) is 2.83. The Kier molecular flexibility index (Phi) is 3.08. The van der Waals surface area contributed by atoms with E-state index in [2.05, 4.69) is 10.1 Å². The molecule has 0 bridgehead atoms. The number of rotatable bonds is 3. The van der Waals surface area contributed by atoms with Gasteiger partial charge >= 0.3 is 5.69 Å². The van der Waals surface area contributed by atoms with Gasteiger partial charge in [0.2, 0.25) is 5.65 Å².